The average molecular weight is 262 g/mol. The second kappa shape index (κ2) is 3.51. The van der Waals surface area contributed by atoms with Crippen LogP contribution in [0.25, 0.3) is 0 Å². The van der Waals surface area contributed by atoms with E-state index in [4.69, 9.17) is 4.74 Å². The highest BCUT2D eigenvalue weighted by atomic mass is 16.6. The van der Waals surface area contributed by atoms with Crippen LogP contribution >= 0.6 is 0 Å². The van der Waals surface area contributed by atoms with Gasteiger partial charge in [-0.15, -0.1) is 0 Å². The second-order valence-electron chi connectivity index (χ2n) is 6.04. The van der Waals surface area contributed by atoms with Gasteiger partial charge < -0.3 is 4.74 Å². The highest BCUT2D eigenvalue weighted by Gasteiger charge is 2.54. The molecule has 2 aromatic carbocycles. The van der Waals surface area contributed by atoms with E-state index in [0.717, 1.165) is 0 Å². The minimum atomic E-state index is -0.0318. The van der Waals surface area contributed by atoms with Crippen molar-refractivity contribution in [3.63, 3.8) is 0 Å². The largest absolute Gasteiger partial charge is 0.461 e. The summed E-state index contributed by atoms with van der Waals surface area (Å²) in [5.41, 5.74) is 5.51. The summed E-state index contributed by atoms with van der Waals surface area (Å²) >= 11 is 0. The molecular formula is C18H14O2. The number of hydrogen-bond acceptors (Lipinski definition) is 2. The van der Waals surface area contributed by atoms with Gasteiger partial charge in [-0.3, -0.25) is 4.79 Å². The Hall–Kier alpha value is -2.09. The summed E-state index contributed by atoms with van der Waals surface area (Å²) in [6, 6.07) is 17.2. The summed E-state index contributed by atoms with van der Waals surface area (Å²) in [6.07, 6.45) is 0.603. The molecular weight excluding hydrogens is 248 g/mol. The maximum atomic E-state index is 11.8. The molecule has 1 heterocycles. The lowest BCUT2D eigenvalue weighted by Crippen LogP contribution is -2.41. The van der Waals surface area contributed by atoms with E-state index in [2.05, 4.69) is 48.5 Å². The summed E-state index contributed by atoms with van der Waals surface area (Å²) in [6.45, 7) is 0. The molecule has 0 spiro atoms. The molecule has 2 bridgehead atoms. The first-order valence-electron chi connectivity index (χ1n) is 7.22. The number of esters is 1. The molecule has 0 N–H and O–H groups in total. The first kappa shape index (κ1) is 10.7. The van der Waals surface area contributed by atoms with Crippen molar-refractivity contribution in [1.29, 1.82) is 0 Å². The van der Waals surface area contributed by atoms with Crippen LogP contribution in [0.4, 0.5) is 0 Å². The van der Waals surface area contributed by atoms with Crippen LogP contribution in [0.5, 0.6) is 0 Å². The molecule has 1 saturated heterocycles. The molecule has 4 aliphatic rings. The molecule has 0 saturated carbocycles. The quantitative estimate of drug-likeness (QED) is 0.681. The van der Waals surface area contributed by atoms with Gasteiger partial charge in [-0.1, -0.05) is 48.5 Å². The monoisotopic (exact) mass is 262 g/mol. The van der Waals surface area contributed by atoms with E-state index < -0.39 is 0 Å². The predicted octanol–water partition coefficient (Wildman–Crippen LogP) is 3.21. The van der Waals surface area contributed by atoms with Crippen molar-refractivity contribution in [2.75, 3.05) is 0 Å². The van der Waals surface area contributed by atoms with Gasteiger partial charge in [-0.05, 0) is 22.3 Å². The van der Waals surface area contributed by atoms with Crippen LogP contribution in [0.3, 0.4) is 0 Å². The van der Waals surface area contributed by atoms with Crippen LogP contribution in [-0.4, -0.2) is 12.1 Å². The van der Waals surface area contributed by atoms with E-state index in [1.165, 1.54) is 22.3 Å². The molecule has 98 valence electrons. The Kier molecular flexibility index (Phi) is 1.87. The van der Waals surface area contributed by atoms with E-state index in [1.807, 2.05) is 0 Å². The Morgan fingerprint density at radius 3 is 1.85 bits per heavy atom. The molecule has 2 atom stereocenters. The highest BCUT2D eigenvalue weighted by molar-refractivity contribution is 5.75. The van der Waals surface area contributed by atoms with Gasteiger partial charge in [0.1, 0.15) is 6.10 Å². The zero-order chi connectivity index (χ0) is 13.3. The van der Waals surface area contributed by atoms with E-state index in [1.54, 1.807) is 0 Å². The zero-order valence-corrected chi connectivity index (χ0v) is 11.0. The Bertz CT molecular complexity index is 626. The van der Waals surface area contributed by atoms with Crippen molar-refractivity contribution >= 4 is 5.97 Å². The SMILES string of the molecule is O=C1CC2C3c4ccccc4C(c4ccccc43)C2O1. The zero-order valence-electron chi connectivity index (χ0n) is 11.0. The third-order valence-electron chi connectivity index (χ3n) is 5.18. The van der Waals surface area contributed by atoms with Crippen LogP contribution in [0.1, 0.15) is 40.5 Å². The maximum Gasteiger partial charge on any atom is 0.306 e. The number of ether oxygens (including phenoxy) is 1. The van der Waals surface area contributed by atoms with Gasteiger partial charge in [-0.25, -0.2) is 0 Å². The van der Waals surface area contributed by atoms with Crippen molar-refractivity contribution in [1.82, 2.24) is 0 Å². The smallest absolute Gasteiger partial charge is 0.306 e. The minimum absolute atomic E-state index is 0.0318. The van der Waals surface area contributed by atoms with Gasteiger partial charge in [-0.2, -0.15) is 0 Å². The Morgan fingerprint density at radius 1 is 0.800 bits per heavy atom. The summed E-state index contributed by atoms with van der Waals surface area (Å²) < 4.78 is 5.67. The number of benzene rings is 2. The fourth-order valence-corrected chi connectivity index (χ4v) is 4.52. The van der Waals surface area contributed by atoms with Crippen LogP contribution in [0, 0.1) is 5.92 Å². The third-order valence-corrected chi connectivity index (χ3v) is 5.18. The van der Waals surface area contributed by atoms with Crippen molar-refractivity contribution in [3.8, 4) is 0 Å². The van der Waals surface area contributed by atoms with Gasteiger partial charge >= 0.3 is 5.97 Å². The summed E-state index contributed by atoms with van der Waals surface area (Å²) in [5, 5.41) is 0. The topological polar surface area (TPSA) is 26.3 Å². The van der Waals surface area contributed by atoms with Gasteiger partial charge in [0.15, 0.2) is 0 Å². The lowest BCUT2D eigenvalue weighted by molar-refractivity contribution is -0.142. The normalized spacial score (nSPS) is 32.3. The van der Waals surface area contributed by atoms with E-state index in [9.17, 15) is 4.79 Å². The molecule has 20 heavy (non-hydrogen) atoms. The van der Waals surface area contributed by atoms with E-state index in [0.29, 0.717) is 18.3 Å². The van der Waals surface area contributed by atoms with Gasteiger partial charge in [0.2, 0.25) is 0 Å². The average Bonchev–Trinajstić information content (AvgIpc) is 2.88. The Balaban J connectivity index is 1.83. The first-order chi connectivity index (χ1) is 9.84. The molecule has 0 radical (unpaired) electrons. The van der Waals surface area contributed by atoms with Crippen molar-refractivity contribution in [3.05, 3.63) is 70.8 Å². The number of carbonyl (C=O) groups excluding carboxylic acids is 1. The predicted molar refractivity (Wildman–Crippen MR) is 74.6 cm³/mol. The summed E-state index contributed by atoms with van der Waals surface area (Å²) in [7, 11) is 0. The van der Waals surface area contributed by atoms with Crippen LogP contribution in [0.2, 0.25) is 0 Å². The van der Waals surface area contributed by atoms with Crippen molar-refractivity contribution in [2.45, 2.75) is 24.4 Å². The Morgan fingerprint density at radius 2 is 1.30 bits per heavy atom. The number of rotatable bonds is 0. The molecule has 2 unspecified atom stereocenters. The second-order valence-corrected chi connectivity index (χ2v) is 6.04. The molecule has 1 fully saturated rings. The fourth-order valence-electron chi connectivity index (χ4n) is 4.52. The fraction of sp³-hybridized carbons (Fsp3) is 0.278. The molecule has 2 aromatic rings. The van der Waals surface area contributed by atoms with Gasteiger partial charge in [0, 0.05) is 17.8 Å². The van der Waals surface area contributed by atoms with Gasteiger partial charge in [0.05, 0.1) is 6.42 Å². The lowest BCUT2D eigenvalue weighted by atomic mass is 9.58. The molecule has 1 aliphatic heterocycles. The lowest BCUT2D eigenvalue weighted by Gasteiger charge is -2.46. The molecule has 0 amide bonds. The third kappa shape index (κ3) is 1.13. The summed E-state index contributed by atoms with van der Waals surface area (Å²) in [5.74, 6) is 0.834. The Labute approximate surface area is 117 Å². The van der Waals surface area contributed by atoms with Crippen molar-refractivity contribution < 1.29 is 9.53 Å². The molecule has 2 heteroatoms. The number of hydrogen-bond donors (Lipinski definition) is 0. The summed E-state index contributed by atoms with van der Waals surface area (Å²) in [4.78, 5) is 11.8. The van der Waals surface area contributed by atoms with Crippen molar-refractivity contribution in [2.24, 2.45) is 5.92 Å². The molecule has 3 aliphatic carbocycles. The van der Waals surface area contributed by atoms with E-state index in [-0.39, 0.29) is 18.0 Å². The standard InChI is InChI=1S/C18H14O2/c19-15-9-14-16-10-5-1-3-7-12(10)17(18(14)20-15)13-8-4-2-6-11(13)16/h1-8,14,16-18H,9H2. The molecule has 0 aromatic heterocycles. The minimum Gasteiger partial charge on any atom is -0.461 e. The number of carbonyl (C=O) groups is 1. The van der Waals surface area contributed by atoms with Crippen LogP contribution in [-0.2, 0) is 9.53 Å². The molecule has 2 nitrogen and oxygen atoms in total. The molecule has 6 rings (SSSR count). The van der Waals surface area contributed by atoms with Crippen LogP contribution in [0.15, 0.2) is 48.5 Å². The van der Waals surface area contributed by atoms with E-state index >= 15 is 0 Å². The first-order valence-corrected chi connectivity index (χ1v) is 7.22. The highest BCUT2D eigenvalue weighted by Crippen LogP contribution is 2.58. The van der Waals surface area contributed by atoms with Gasteiger partial charge in [0.25, 0.3) is 0 Å². The van der Waals surface area contributed by atoms with Crippen LogP contribution < -0.4 is 0 Å². The maximum absolute atomic E-state index is 11.8.